The van der Waals surface area contributed by atoms with E-state index >= 15 is 0 Å². The van der Waals surface area contributed by atoms with Crippen molar-refractivity contribution in [3.05, 3.63) is 29.3 Å². The van der Waals surface area contributed by atoms with E-state index in [0.29, 0.717) is 17.1 Å². The molecule has 0 atom stereocenters. The normalized spacial score (nSPS) is 10.4. The van der Waals surface area contributed by atoms with Crippen LogP contribution in [-0.4, -0.2) is 29.0 Å². The number of nitrogens with two attached hydrogens (primary N) is 1. The third-order valence-electron chi connectivity index (χ3n) is 2.66. The monoisotopic (exact) mass is 290 g/mol. The Labute approximate surface area is 122 Å². The molecule has 7 heteroatoms. The average Bonchev–Trinajstić information content (AvgIpc) is 2.41. The predicted octanol–water partition coefficient (Wildman–Crippen LogP) is 1.99. The smallest absolute Gasteiger partial charge is 0.242 e. The number of rotatable bonds is 4. The second-order valence-corrected chi connectivity index (χ2v) is 5.66. The van der Waals surface area contributed by atoms with Crippen LogP contribution in [0, 0.1) is 13.8 Å². The fourth-order valence-electron chi connectivity index (χ4n) is 1.67. The lowest BCUT2D eigenvalue weighted by Gasteiger charge is -2.12. The number of aryl methyl sites for hydroxylation is 2. The van der Waals surface area contributed by atoms with Gasteiger partial charge in [-0.05, 0) is 37.2 Å². The van der Waals surface area contributed by atoms with Crippen LogP contribution in [0.15, 0.2) is 28.3 Å². The van der Waals surface area contributed by atoms with E-state index in [4.69, 9.17) is 5.84 Å². The summed E-state index contributed by atoms with van der Waals surface area (Å²) < 4.78 is 0. The molecule has 0 saturated carbocycles. The molecule has 6 nitrogen and oxygen atoms in total. The molecule has 3 N–H and O–H groups in total. The van der Waals surface area contributed by atoms with Crippen LogP contribution in [0.25, 0.3) is 0 Å². The summed E-state index contributed by atoms with van der Waals surface area (Å²) in [5.74, 6) is 6.33. The van der Waals surface area contributed by atoms with E-state index in [2.05, 4.69) is 52.4 Å². The van der Waals surface area contributed by atoms with E-state index in [-0.39, 0.29) is 0 Å². The molecule has 0 aliphatic rings. The molecule has 2 rings (SSSR count). The van der Waals surface area contributed by atoms with E-state index in [9.17, 15) is 0 Å². The summed E-state index contributed by atoms with van der Waals surface area (Å²) in [6.45, 7) is 4.15. The van der Waals surface area contributed by atoms with Crippen molar-refractivity contribution in [2.75, 3.05) is 24.4 Å². The van der Waals surface area contributed by atoms with Crippen molar-refractivity contribution >= 4 is 23.7 Å². The van der Waals surface area contributed by atoms with Crippen molar-refractivity contribution in [2.24, 2.45) is 5.84 Å². The first-order chi connectivity index (χ1) is 9.49. The summed E-state index contributed by atoms with van der Waals surface area (Å²) in [5.41, 5.74) is 4.90. The van der Waals surface area contributed by atoms with Gasteiger partial charge in [-0.25, -0.2) is 5.84 Å². The van der Waals surface area contributed by atoms with Gasteiger partial charge < -0.3 is 4.90 Å². The van der Waals surface area contributed by atoms with Gasteiger partial charge in [0, 0.05) is 19.0 Å². The molecule has 2 aromatic rings. The number of hydrazine groups is 1. The quantitative estimate of drug-likeness (QED) is 0.658. The van der Waals surface area contributed by atoms with Gasteiger partial charge in [-0.15, -0.1) is 0 Å². The maximum absolute atomic E-state index is 5.40. The molecule has 1 aromatic carbocycles. The van der Waals surface area contributed by atoms with Crippen molar-refractivity contribution < 1.29 is 0 Å². The lowest BCUT2D eigenvalue weighted by atomic mass is 10.2. The van der Waals surface area contributed by atoms with Crippen LogP contribution < -0.4 is 16.2 Å². The summed E-state index contributed by atoms with van der Waals surface area (Å²) in [5, 5.41) is 0.614. The lowest BCUT2D eigenvalue weighted by Crippen LogP contribution is -2.17. The molecule has 0 amide bonds. The van der Waals surface area contributed by atoms with Gasteiger partial charge in [-0.1, -0.05) is 17.7 Å². The molecule has 0 aliphatic carbocycles. The van der Waals surface area contributed by atoms with Crippen LogP contribution in [0.1, 0.15) is 11.1 Å². The lowest BCUT2D eigenvalue weighted by molar-refractivity contribution is 0.865. The van der Waals surface area contributed by atoms with Crippen LogP contribution in [0.5, 0.6) is 0 Å². The maximum Gasteiger partial charge on any atom is 0.242 e. The Morgan fingerprint density at radius 2 is 1.90 bits per heavy atom. The highest BCUT2D eigenvalue weighted by atomic mass is 32.2. The number of nitrogens with one attached hydrogen (secondary N) is 1. The van der Waals surface area contributed by atoms with Crippen LogP contribution in [0.2, 0.25) is 0 Å². The summed E-state index contributed by atoms with van der Waals surface area (Å²) in [7, 11) is 3.75. The number of hydrogen-bond acceptors (Lipinski definition) is 7. The Morgan fingerprint density at radius 3 is 2.50 bits per heavy atom. The highest BCUT2D eigenvalue weighted by Gasteiger charge is 2.10. The van der Waals surface area contributed by atoms with Gasteiger partial charge in [-0.3, -0.25) is 5.43 Å². The maximum atomic E-state index is 5.40. The molecule has 0 aliphatic heterocycles. The number of benzene rings is 1. The highest BCUT2D eigenvalue weighted by molar-refractivity contribution is 7.99. The fourth-order valence-corrected chi connectivity index (χ4v) is 2.48. The Morgan fingerprint density at radius 1 is 1.15 bits per heavy atom. The molecule has 20 heavy (non-hydrogen) atoms. The van der Waals surface area contributed by atoms with Gasteiger partial charge in [0.2, 0.25) is 11.9 Å². The molecule has 1 aromatic heterocycles. The van der Waals surface area contributed by atoms with Crippen LogP contribution >= 0.6 is 11.8 Å². The molecule has 0 saturated heterocycles. The SMILES string of the molecule is Cc1ccc(Sc2nc(NN)nc(N(C)C)n2)c(C)c1. The minimum atomic E-state index is 0.357. The standard InChI is InChI=1S/C13H18N6S/c1-8-5-6-10(9(2)7-8)20-13-16-11(18-14)15-12(17-13)19(3)4/h5-7H,14H2,1-4H3,(H,15,16,17,18). The van der Waals surface area contributed by atoms with Gasteiger partial charge in [0.15, 0.2) is 5.16 Å². The molecule has 0 bridgehead atoms. The van der Waals surface area contributed by atoms with Gasteiger partial charge in [-0.2, -0.15) is 15.0 Å². The second-order valence-electron chi connectivity index (χ2n) is 4.65. The zero-order valence-corrected chi connectivity index (χ0v) is 12.8. The minimum Gasteiger partial charge on any atom is -0.347 e. The summed E-state index contributed by atoms with van der Waals surface area (Å²) in [6, 6.07) is 6.29. The second kappa shape index (κ2) is 6.06. The minimum absolute atomic E-state index is 0.357. The van der Waals surface area contributed by atoms with Gasteiger partial charge in [0.1, 0.15) is 0 Å². The van der Waals surface area contributed by atoms with E-state index in [0.717, 1.165) is 4.90 Å². The van der Waals surface area contributed by atoms with Crippen LogP contribution in [-0.2, 0) is 0 Å². The zero-order valence-electron chi connectivity index (χ0n) is 12.0. The van der Waals surface area contributed by atoms with Crippen LogP contribution in [0.3, 0.4) is 0 Å². The molecular formula is C13H18N6S. The van der Waals surface area contributed by atoms with Gasteiger partial charge in [0.05, 0.1) is 0 Å². The van der Waals surface area contributed by atoms with E-state index < -0.39 is 0 Å². The van der Waals surface area contributed by atoms with E-state index in [1.165, 1.54) is 22.9 Å². The number of hydrogen-bond donors (Lipinski definition) is 2. The van der Waals surface area contributed by atoms with Crippen molar-refractivity contribution in [1.29, 1.82) is 0 Å². The number of nitrogens with zero attached hydrogens (tertiary/aromatic N) is 4. The van der Waals surface area contributed by atoms with Gasteiger partial charge in [0.25, 0.3) is 0 Å². The number of anilines is 2. The van der Waals surface area contributed by atoms with E-state index in [1.54, 1.807) is 0 Å². The third-order valence-corrected chi connectivity index (χ3v) is 3.71. The molecule has 106 valence electrons. The van der Waals surface area contributed by atoms with E-state index in [1.807, 2.05) is 19.0 Å². The molecule has 0 unspecified atom stereocenters. The fraction of sp³-hybridized carbons (Fsp3) is 0.308. The Hall–Kier alpha value is -1.86. The predicted molar refractivity (Wildman–Crippen MR) is 82.0 cm³/mol. The summed E-state index contributed by atoms with van der Waals surface area (Å²) >= 11 is 1.50. The summed E-state index contributed by atoms with van der Waals surface area (Å²) in [6.07, 6.45) is 0. The first-order valence-electron chi connectivity index (χ1n) is 6.14. The third kappa shape index (κ3) is 3.37. The molecule has 0 radical (unpaired) electrons. The first kappa shape index (κ1) is 14.5. The summed E-state index contributed by atoms with van der Waals surface area (Å²) in [4.78, 5) is 15.8. The first-order valence-corrected chi connectivity index (χ1v) is 6.96. The zero-order chi connectivity index (χ0) is 14.7. The Bertz CT molecular complexity index is 614. The molecule has 0 fully saturated rings. The molecule has 1 heterocycles. The average molecular weight is 290 g/mol. The molecule has 0 spiro atoms. The van der Waals surface area contributed by atoms with Crippen molar-refractivity contribution in [3.8, 4) is 0 Å². The van der Waals surface area contributed by atoms with Gasteiger partial charge >= 0.3 is 0 Å². The highest BCUT2D eigenvalue weighted by Crippen LogP contribution is 2.29. The number of aromatic nitrogens is 3. The Kier molecular flexibility index (Phi) is 4.41. The number of nitrogen functional groups attached to an aromatic ring is 1. The van der Waals surface area contributed by atoms with Crippen molar-refractivity contribution in [2.45, 2.75) is 23.9 Å². The largest absolute Gasteiger partial charge is 0.347 e. The van der Waals surface area contributed by atoms with Crippen molar-refractivity contribution in [3.63, 3.8) is 0 Å². The van der Waals surface area contributed by atoms with Crippen LogP contribution in [0.4, 0.5) is 11.9 Å². The molecular weight excluding hydrogens is 272 g/mol. The topological polar surface area (TPSA) is 80.0 Å². The Balaban J connectivity index is 2.34. The van der Waals surface area contributed by atoms with Crippen molar-refractivity contribution in [1.82, 2.24) is 15.0 Å².